The van der Waals surface area contributed by atoms with Gasteiger partial charge in [0.15, 0.2) is 8.07 Å². The van der Waals surface area contributed by atoms with Crippen molar-refractivity contribution in [1.82, 2.24) is 0 Å². The number of fused-ring (bicyclic) bond motifs is 8. The molecule has 2 aliphatic rings. The van der Waals surface area contributed by atoms with Crippen LogP contribution >= 0.6 is 0 Å². The lowest BCUT2D eigenvalue weighted by Crippen LogP contribution is -2.76. The minimum absolute atomic E-state index is 1.13. The summed E-state index contributed by atoms with van der Waals surface area (Å²) in [5.41, 5.74) is 6.17. The van der Waals surface area contributed by atoms with E-state index < -0.39 is 8.07 Å². The van der Waals surface area contributed by atoms with E-state index in [2.05, 4.69) is 97.1 Å². The quantitative estimate of drug-likeness (QED) is 0.406. The molecule has 4 aromatic rings. The van der Waals surface area contributed by atoms with Crippen LogP contribution < -0.4 is 20.7 Å². The van der Waals surface area contributed by atoms with Gasteiger partial charge in [-0.25, -0.2) is 0 Å². The Balaban J connectivity index is 1.87. The molecule has 0 bridgehead atoms. The fraction of sp³-hybridized carbons (Fsp3) is 0.143. The largest absolute Gasteiger partial charge is 0.180 e. The maximum absolute atomic E-state index is 2.45. The average molecular weight is 389 g/mol. The van der Waals surface area contributed by atoms with Crippen LogP contribution in [0.1, 0.15) is 22.3 Å². The Labute approximate surface area is 173 Å². The highest BCUT2D eigenvalue weighted by Gasteiger charge is 2.47. The number of rotatable bonds is 0. The van der Waals surface area contributed by atoms with Gasteiger partial charge < -0.3 is 0 Å². The van der Waals surface area contributed by atoms with E-state index in [1.165, 1.54) is 0 Å². The van der Waals surface area contributed by atoms with Crippen molar-refractivity contribution in [3.05, 3.63) is 119 Å². The molecule has 0 N–H and O–H groups in total. The molecule has 0 saturated carbocycles. The maximum Gasteiger partial charge on any atom is 0.180 e. The molecule has 0 aromatic heterocycles. The van der Waals surface area contributed by atoms with Crippen LogP contribution in [0, 0.1) is 0 Å². The lowest BCUT2D eigenvalue weighted by molar-refractivity contribution is 0.977. The maximum atomic E-state index is 2.45. The molecule has 2 aliphatic heterocycles. The standard InChI is InChI=1S/C28H24Si/c1-5-13-25-21(9-1)17-18-22-10-2-6-14-26(22)29(25)27-15-7-3-11-23(27)19-20-24-12-4-8-16-28(24)29/h1-16H,17-20H2. The van der Waals surface area contributed by atoms with Crippen LogP contribution in [0.4, 0.5) is 0 Å². The fourth-order valence-corrected chi connectivity index (χ4v) is 11.7. The Morgan fingerprint density at radius 3 is 0.862 bits per heavy atom. The molecule has 2 heterocycles. The topological polar surface area (TPSA) is 0 Å². The molecular formula is C28H24Si. The molecule has 0 fully saturated rings. The molecule has 0 aliphatic carbocycles. The minimum atomic E-state index is -2.35. The van der Waals surface area contributed by atoms with E-state index in [9.17, 15) is 0 Å². The first-order valence-electron chi connectivity index (χ1n) is 10.7. The van der Waals surface area contributed by atoms with Crippen LogP contribution in [0.15, 0.2) is 97.1 Å². The Bertz CT molecular complexity index is 1020. The summed E-state index contributed by atoms with van der Waals surface area (Å²) in [6.45, 7) is 0. The Kier molecular flexibility index (Phi) is 3.85. The predicted octanol–water partition coefficient (Wildman–Crippen LogP) is 3.26. The SMILES string of the molecule is c1ccc2c(c1)CCc1ccccc1[Si]21c2ccccc2CCc2ccccc21. The number of benzene rings is 4. The van der Waals surface area contributed by atoms with Crippen LogP contribution in [0.2, 0.25) is 0 Å². The Hall–Kier alpha value is -2.90. The van der Waals surface area contributed by atoms with Crippen molar-refractivity contribution in [2.45, 2.75) is 25.7 Å². The molecule has 0 unspecified atom stereocenters. The lowest BCUT2D eigenvalue weighted by atomic mass is 10.0. The average Bonchev–Trinajstić information content (AvgIpc) is 3.03. The van der Waals surface area contributed by atoms with Gasteiger partial charge >= 0.3 is 0 Å². The summed E-state index contributed by atoms with van der Waals surface area (Å²) in [4.78, 5) is 0. The summed E-state index contributed by atoms with van der Waals surface area (Å²) in [5, 5.41) is 6.41. The molecule has 1 spiro atoms. The summed E-state index contributed by atoms with van der Waals surface area (Å²) in [6, 6.07) is 37.3. The number of hydrogen-bond acceptors (Lipinski definition) is 0. The zero-order valence-electron chi connectivity index (χ0n) is 16.6. The summed E-state index contributed by atoms with van der Waals surface area (Å²) in [5.74, 6) is 0. The van der Waals surface area contributed by atoms with Crippen molar-refractivity contribution in [2.75, 3.05) is 0 Å². The van der Waals surface area contributed by atoms with Gasteiger partial charge in [-0.1, -0.05) is 97.1 Å². The molecule has 0 radical (unpaired) electrons. The van der Waals surface area contributed by atoms with Crippen molar-refractivity contribution in [3.63, 3.8) is 0 Å². The zero-order chi connectivity index (χ0) is 19.3. The third kappa shape index (κ3) is 2.37. The summed E-state index contributed by atoms with van der Waals surface area (Å²) in [6.07, 6.45) is 4.52. The van der Waals surface area contributed by atoms with Crippen molar-refractivity contribution < 1.29 is 0 Å². The molecule has 0 nitrogen and oxygen atoms in total. The molecule has 0 atom stereocenters. The van der Waals surface area contributed by atoms with Gasteiger partial charge in [0.2, 0.25) is 0 Å². The van der Waals surface area contributed by atoms with Crippen molar-refractivity contribution in [1.29, 1.82) is 0 Å². The van der Waals surface area contributed by atoms with Gasteiger partial charge in [-0.15, -0.1) is 0 Å². The van der Waals surface area contributed by atoms with E-state index in [1.807, 2.05) is 0 Å². The van der Waals surface area contributed by atoms with Crippen LogP contribution in [0.25, 0.3) is 0 Å². The van der Waals surface area contributed by atoms with Crippen LogP contribution in [0.5, 0.6) is 0 Å². The number of aryl methyl sites for hydroxylation is 4. The molecular weight excluding hydrogens is 364 g/mol. The van der Waals surface area contributed by atoms with E-state index in [0.717, 1.165) is 25.7 Å². The van der Waals surface area contributed by atoms with Crippen molar-refractivity contribution >= 4 is 28.8 Å². The predicted molar refractivity (Wildman–Crippen MR) is 125 cm³/mol. The second-order valence-electron chi connectivity index (χ2n) is 8.38. The molecule has 4 aromatic carbocycles. The second kappa shape index (κ2) is 6.57. The third-order valence-corrected chi connectivity index (χ3v) is 12.2. The first-order chi connectivity index (χ1) is 14.4. The third-order valence-electron chi connectivity index (χ3n) is 7.01. The normalized spacial score (nSPS) is 16.0. The second-order valence-corrected chi connectivity index (χ2v) is 12.0. The van der Waals surface area contributed by atoms with Gasteiger partial charge in [0.05, 0.1) is 0 Å². The van der Waals surface area contributed by atoms with Gasteiger partial charge in [0.1, 0.15) is 0 Å². The van der Waals surface area contributed by atoms with E-state index in [1.54, 1.807) is 43.0 Å². The highest BCUT2D eigenvalue weighted by molar-refractivity contribution is 7.20. The van der Waals surface area contributed by atoms with Crippen LogP contribution in [-0.2, 0) is 25.7 Å². The monoisotopic (exact) mass is 388 g/mol. The molecule has 0 saturated heterocycles. The van der Waals surface area contributed by atoms with Crippen molar-refractivity contribution in [3.8, 4) is 0 Å². The Morgan fingerprint density at radius 1 is 0.345 bits per heavy atom. The van der Waals surface area contributed by atoms with E-state index >= 15 is 0 Å². The van der Waals surface area contributed by atoms with Gasteiger partial charge in [0.25, 0.3) is 0 Å². The van der Waals surface area contributed by atoms with E-state index in [4.69, 9.17) is 0 Å². The molecule has 6 rings (SSSR count). The molecule has 29 heavy (non-hydrogen) atoms. The zero-order valence-corrected chi connectivity index (χ0v) is 17.6. The van der Waals surface area contributed by atoms with Gasteiger partial charge in [-0.2, -0.15) is 0 Å². The summed E-state index contributed by atoms with van der Waals surface area (Å²) >= 11 is 0. The highest BCUT2D eigenvalue weighted by atomic mass is 28.3. The minimum Gasteiger partial charge on any atom is -0.0623 e. The van der Waals surface area contributed by atoms with Crippen LogP contribution in [-0.4, -0.2) is 8.07 Å². The first-order valence-corrected chi connectivity index (χ1v) is 12.7. The summed E-state index contributed by atoms with van der Waals surface area (Å²) < 4.78 is 0. The van der Waals surface area contributed by atoms with Crippen molar-refractivity contribution in [2.24, 2.45) is 0 Å². The molecule has 0 amide bonds. The smallest absolute Gasteiger partial charge is 0.0623 e. The lowest BCUT2D eigenvalue weighted by Gasteiger charge is -2.37. The number of hydrogen-bond donors (Lipinski definition) is 0. The highest BCUT2D eigenvalue weighted by Crippen LogP contribution is 2.24. The first kappa shape index (κ1) is 17.0. The summed E-state index contributed by atoms with van der Waals surface area (Å²) in [7, 11) is -2.35. The Morgan fingerprint density at radius 2 is 0.586 bits per heavy atom. The van der Waals surface area contributed by atoms with Crippen LogP contribution in [0.3, 0.4) is 0 Å². The van der Waals surface area contributed by atoms with E-state index in [-0.39, 0.29) is 0 Å². The van der Waals surface area contributed by atoms with E-state index in [0.29, 0.717) is 0 Å². The van der Waals surface area contributed by atoms with Gasteiger partial charge in [-0.05, 0) is 68.7 Å². The molecule has 1 heteroatoms. The fourth-order valence-electron chi connectivity index (χ4n) is 5.83. The molecule has 140 valence electrons. The van der Waals surface area contributed by atoms with Gasteiger partial charge in [-0.3, -0.25) is 0 Å². The van der Waals surface area contributed by atoms with Gasteiger partial charge in [0, 0.05) is 0 Å².